The number of methoxy groups -OCH3 is 1. The highest BCUT2D eigenvalue weighted by molar-refractivity contribution is 6.43. The van der Waals surface area contributed by atoms with Gasteiger partial charge in [0.25, 0.3) is 5.91 Å². The number of furan rings is 1. The van der Waals surface area contributed by atoms with Gasteiger partial charge >= 0.3 is 12.0 Å². The van der Waals surface area contributed by atoms with E-state index in [1.165, 1.54) is 13.3 Å². The summed E-state index contributed by atoms with van der Waals surface area (Å²) in [6.07, 6.45) is 1.33. The second-order valence-corrected chi connectivity index (χ2v) is 9.37. The van der Waals surface area contributed by atoms with E-state index in [1.807, 2.05) is 0 Å². The van der Waals surface area contributed by atoms with Gasteiger partial charge in [-0.1, -0.05) is 35.3 Å². The molecule has 214 valence electrons. The molecule has 2 heterocycles. The number of hydrogen-bond donors (Lipinski definition) is 3. The molecule has 1 aromatic heterocycles. The Hall–Kier alpha value is -4.48. The summed E-state index contributed by atoms with van der Waals surface area (Å²) in [7, 11) is 1.43. The van der Waals surface area contributed by atoms with Crippen molar-refractivity contribution >= 4 is 47.3 Å². The smallest absolute Gasteiger partial charge is 0.338 e. The lowest BCUT2D eigenvalue weighted by molar-refractivity contribution is -0.139. The van der Waals surface area contributed by atoms with Gasteiger partial charge in [0.1, 0.15) is 11.5 Å². The van der Waals surface area contributed by atoms with Crippen molar-refractivity contribution in [3.05, 3.63) is 81.2 Å². The molecule has 4 rings (SSSR count). The van der Waals surface area contributed by atoms with Gasteiger partial charge < -0.3 is 29.3 Å². The van der Waals surface area contributed by atoms with E-state index in [2.05, 4.69) is 21.2 Å². The van der Waals surface area contributed by atoms with Crippen LogP contribution in [0.4, 0.5) is 4.79 Å². The summed E-state index contributed by atoms with van der Waals surface area (Å²) in [6, 6.07) is 12.2. The number of nitrogens with zero attached hydrogens (tertiary/aromatic N) is 1. The van der Waals surface area contributed by atoms with Crippen LogP contribution in [0, 0.1) is 0 Å². The van der Waals surface area contributed by atoms with Gasteiger partial charge in [-0.2, -0.15) is 5.10 Å². The molecule has 11 nitrogen and oxygen atoms in total. The van der Waals surface area contributed by atoms with E-state index in [9.17, 15) is 14.4 Å². The van der Waals surface area contributed by atoms with Crippen molar-refractivity contribution in [3.8, 4) is 22.8 Å². The van der Waals surface area contributed by atoms with Crippen molar-refractivity contribution in [2.45, 2.75) is 19.9 Å². The van der Waals surface area contributed by atoms with Crippen LogP contribution < -0.4 is 25.5 Å². The summed E-state index contributed by atoms with van der Waals surface area (Å²) < 4.78 is 21.9. The molecule has 0 aliphatic carbocycles. The summed E-state index contributed by atoms with van der Waals surface area (Å²) >= 11 is 12.3. The summed E-state index contributed by atoms with van der Waals surface area (Å²) in [5, 5.41) is 9.96. The van der Waals surface area contributed by atoms with E-state index in [-0.39, 0.29) is 30.3 Å². The SMILES string of the molecule is CCOC(=O)C1=C(C)NC(=O)N[C@H]1c1ccc(OCC(=O)N/N=C\c2ccc(-c3cccc(Cl)c3Cl)o2)c(OC)c1. The minimum absolute atomic E-state index is 0.179. The number of halogens is 2. The maximum Gasteiger partial charge on any atom is 0.338 e. The number of urea groups is 1. The predicted molar refractivity (Wildman–Crippen MR) is 152 cm³/mol. The molecule has 0 bridgehead atoms. The van der Waals surface area contributed by atoms with E-state index in [1.54, 1.807) is 62.4 Å². The normalized spacial score (nSPS) is 14.9. The van der Waals surface area contributed by atoms with Gasteiger partial charge in [0.2, 0.25) is 0 Å². The number of carbonyl (C=O) groups excluding carboxylic acids is 3. The van der Waals surface area contributed by atoms with Crippen LogP contribution in [-0.4, -0.2) is 44.4 Å². The number of rotatable bonds is 10. The van der Waals surface area contributed by atoms with Crippen LogP contribution >= 0.6 is 23.2 Å². The highest BCUT2D eigenvalue weighted by Crippen LogP contribution is 2.35. The molecule has 1 aliphatic heterocycles. The maximum atomic E-state index is 12.6. The van der Waals surface area contributed by atoms with Crippen LogP contribution in [0.25, 0.3) is 11.3 Å². The van der Waals surface area contributed by atoms with Crippen molar-refractivity contribution in [2.24, 2.45) is 5.10 Å². The first-order valence-electron chi connectivity index (χ1n) is 12.3. The van der Waals surface area contributed by atoms with Gasteiger partial charge in [0.15, 0.2) is 18.1 Å². The number of esters is 1. The van der Waals surface area contributed by atoms with Crippen LogP contribution in [-0.2, 0) is 14.3 Å². The molecule has 0 unspecified atom stereocenters. The zero-order valence-corrected chi connectivity index (χ0v) is 23.8. The Morgan fingerprint density at radius 2 is 1.95 bits per heavy atom. The van der Waals surface area contributed by atoms with Crippen molar-refractivity contribution in [3.63, 3.8) is 0 Å². The molecule has 1 atom stereocenters. The first kappa shape index (κ1) is 29.5. The Morgan fingerprint density at radius 1 is 1.15 bits per heavy atom. The van der Waals surface area contributed by atoms with Crippen LogP contribution in [0.15, 0.2) is 69.3 Å². The number of hydrazone groups is 1. The zero-order chi connectivity index (χ0) is 29.5. The number of ether oxygens (including phenoxy) is 3. The van der Waals surface area contributed by atoms with Gasteiger partial charge in [-0.25, -0.2) is 15.0 Å². The Balaban J connectivity index is 1.38. The predicted octanol–water partition coefficient (Wildman–Crippen LogP) is 4.98. The Kier molecular flexibility index (Phi) is 9.53. The highest BCUT2D eigenvalue weighted by atomic mass is 35.5. The topological polar surface area (TPSA) is 140 Å². The van der Waals surface area contributed by atoms with Crippen LogP contribution in [0.1, 0.15) is 31.2 Å². The summed E-state index contributed by atoms with van der Waals surface area (Å²) in [5.74, 6) is 0.335. The molecule has 3 N–H and O–H groups in total. The number of amides is 3. The van der Waals surface area contributed by atoms with Gasteiger partial charge in [0.05, 0.1) is 41.6 Å². The summed E-state index contributed by atoms with van der Waals surface area (Å²) in [5.41, 5.74) is 4.18. The Bertz CT molecular complexity index is 1530. The lowest BCUT2D eigenvalue weighted by Gasteiger charge is -2.28. The molecule has 0 spiro atoms. The van der Waals surface area contributed by atoms with Gasteiger partial charge in [0, 0.05) is 11.3 Å². The van der Waals surface area contributed by atoms with Crippen molar-refractivity contribution in [2.75, 3.05) is 20.3 Å². The Morgan fingerprint density at radius 3 is 2.71 bits per heavy atom. The van der Waals surface area contributed by atoms with Crippen molar-refractivity contribution in [1.82, 2.24) is 16.1 Å². The fourth-order valence-corrected chi connectivity index (χ4v) is 4.40. The van der Waals surface area contributed by atoms with Crippen LogP contribution in [0.3, 0.4) is 0 Å². The maximum absolute atomic E-state index is 12.6. The summed E-state index contributed by atoms with van der Waals surface area (Å²) in [4.78, 5) is 37.0. The second-order valence-electron chi connectivity index (χ2n) is 8.59. The van der Waals surface area contributed by atoms with Gasteiger partial charge in [-0.15, -0.1) is 0 Å². The third kappa shape index (κ3) is 7.00. The molecule has 0 radical (unpaired) electrons. The van der Waals surface area contributed by atoms with E-state index in [0.717, 1.165) is 0 Å². The third-order valence-electron chi connectivity index (χ3n) is 5.87. The van der Waals surface area contributed by atoms with Gasteiger partial charge in [-0.05, 0) is 55.8 Å². The number of nitrogens with one attached hydrogen (secondary N) is 3. The van der Waals surface area contributed by atoms with Crippen molar-refractivity contribution < 1.29 is 33.0 Å². The quantitative estimate of drug-likeness (QED) is 0.169. The number of carbonyl (C=O) groups is 3. The highest BCUT2D eigenvalue weighted by Gasteiger charge is 2.32. The van der Waals surface area contributed by atoms with E-state index < -0.39 is 23.9 Å². The lowest BCUT2D eigenvalue weighted by atomic mass is 9.95. The molecule has 41 heavy (non-hydrogen) atoms. The molecule has 2 aromatic carbocycles. The van der Waals surface area contributed by atoms with E-state index in [4.69, 9.17) is 41.8 Å². The first-order chi connectivity index (χ1) is 19.7. The van der Waals surface area contributed by atoms with E-state index in [0.29, 0.717) is 38.4 Å². The van der Waals surface area contributed by atoms with Crippen LogP contribution in [0.2, 0.25) is 10.0 Å². The number of allylic oxidation sites excluding steroid dienone is 1. The minimum atomic E-state index is -0.777. The minimum Gasteiger partial charge on any atom is -0.493 e. The van der Waals surface area contributed by atoms with Gasteiger partial charge in [-0.3, -0.25) is 4.79 Å². The average molecular weight is 601 g/mol. The molecule has 3 aromatic rings. The fourth-order valence-electron chi connectivity index (χ4n) is 4.01. The summed E-state index contributed by atoms with van der Waals surface area (Å²) in [6.45, 7) is 3.12. The number of hydrogen-bond acceptors (Lipinski definition) is 8. The van der Waals surface area contributed by atoms with E-state index >= 15 is 0 Å². The number of benzene rings is 2. The standard InChI is InChI=1S/C28H26Cl2N4O7/c1-4-39-27(36)24-15(2)32-28(37)33-26(24)16-8-10-21(22(12-16)38-3)40-14-23(35)34-31-13-17-9-11-20(41-17)18-6-5-7-19(29)25(18)30/h5-13,26H,4,14H2,1-3H3,(H,34,35)(H2,32,33,37)/b31-13-/t26-/m0/s1. The molecule has 1 aliphatic rings. The largest absolute Gasteiger partial charge is 0.493 e. The molecular weight excluding hydrogens is 575 g/mol. The molecule has 0 saturated carbocycles. The fraction of sp³-hybridized carbons (Fsp3) is 0.214. The monoisotopic (exact) mass is 600 g/mol. The molecule has 0 saturated heterocycles. The molecule has 13 heteroatoms. The lowest BCUT2D eigenvalue weighted by Crippen LogP contribution is -2.45. The molecular formula is C28H26Cl2N4O7. The average Bonchev–Trinajstić information content (AvgIpc) is 3.41. The Labute approximate surface area is 245 Å². The third-order valence-corrected chi connectivity index (χ3v) is 6.69. The second kappa shape index (κ2) is 13.2. The molecule has 3 amide bonds. The molecule has 0 fully saturated rings. The first-order valence-corrected chi connectivity index (χ1v) is 13.1. The zero-order valence-electron chi connectivity index (χ0n) is 22.2. The van der Waals surface area contributed by atoms with Crippen LogP contribution in [0.5, 0.6) is 11.5 Å². The van der Waals surface area contributed by atoms with Crippen molar-refractivity contribution in [1.29, 1.82) is 0 Å².